The van der Waals surface area contributed by atoms with E-state index in [4.69, 9.17) is 0 Å². The van der Waals surface area contributed by atoms with Gasteiger partial charge < -0.3 is 10.1 Å². The molecule has 108 valence electrons. The number of rotatable bonds is 3. The zero-order valence-corrected chi connectivity index (χ0v) is 12.6. The molecule has 0 bridgehead atoms. The second kappa shape index (κ2) is 6.49. The van der Waals surface area contributed by atoms with Crippen molar-refractivity contribution in [2.75, 3.05) is 12.4 Å². The quantitative estimate of drug-likeness (QED) is 0.859. The number of amides is 1. The lowest BCUT2D eigenvalue weighted by atomic mass is 10.1. The first-order valence-electron chi connectivity index (χ1n) is 5.96. The van der Waals surface area contributed by atoms with Crippen molar-refractivity contribution in [1.29, 1.82) is 0 Å². The Morgan fingerprint density at radius 1 is 1.10 bits per heavy atom. The highest BCUT2D eigenvalue weighted by atomic mass is 79.9. The van der Waals surface area contributed by atoms with Crippen molar-refractivity contribution >= 4 is 33.5 Å². The number of methoxy groups -OCH3 is 1. The summed E-state index contributed by atoms with van der Waals surface area (Å²) in [5.41, 5.74) is 0.731. The van der Waals surface area contributed by atoms with E-state index in [1.807, 2.05) is 0 Å². The molecule has 1 amide bonds. The largest absolute Gasteiger partial charge is 0.465 e. The average molecular weight is 352 g/mol. The van der Waals surface area contributed by atoms with Crippen molar-refractivity contribution in [3.63, 3.8) is 0 Å². The molecule has 0 fully saturated rings. The van der Waals surface area contributed by atoms with Crippen LogP contribution in [-0.2, 0) is 4.74 Å². The fourth-order valence-corrected chi connectivity index (χ4v) is 1.99. The van der Waals surface area contributed by atoms with Gasteiger partial charge in [0, 0.05) is 10.0 Å². The van der Waals surface area contributed by atoms with Crippen molar-refractivity contribution in [1.82, 2.24) is 0 Å². The number of anilines is 1. The van der Waals surface area contributed by atoms with Gasteiger partial charge in [-0.1, -0.05) is 15.9 Å². The summed E-state index contributed by atoms with van der Waals surface area (Å²) in [6.45, 7) is 0. The molecule has 0 aliphatic rings. The lowest BCUT2D eigenvalue weighted by Gasteiger charge is -2.07. The number of ether oxygens (including phenoxy) is 1. The zero-order chi connectivity index (χ0) is 15.4. The van der Waals surface area contributed by atoms with Gasteiger partial charge in [-0.3, -0.25) is 4.79 Å². The van der Waals surface area contributed by atoms with E-state index in [2.05, 4.69) is 26.0 Å². The van der Waals surface area contributed by atoms with Crippen LogP contribution in [-0.4, -0.2) is 19.0 Å². The number of hydrogen-bond donors (Lipinski definition) is 1. The smallest absolute Gasteiger partial charge is 0.337 e. The Bertz CT molecular complexity index is 686. The Kier molecular flexibility index (Phi) is 4.70. The molecule has 4 nitrogen and oxygen atoms in total. The fraction of sp³-hybridized carbons (Fsp3) is 0.0667. The van der Waals surface area contributed by atoms with Gasteiger partial charge in [0.05, 0.1) is 18.4 Å². The van der Waals surface area contributed by atoms with E-state index in [-0.39, 0.29) is 5.69 Å². The molecule has 0 spiro atoms. The standard InChI is InChI=1S/C15H11BrFNO3/c1-21-15(20)10-4-2-9(3-5-10)14(19)18-13-7-6-11(16)8-12(13)17/h2-8H,1H3,(H,18,19). The van der Waals surface area contributed by atoms with Crippen LogP contribution >= 0.6 is 15.9 Å². The van der Waals surface area contributed by atoms with Crippen LogP contribution in [0.2, 0.25) is 0 Å². The summed E-state index contributed by atoms with van der Waals surface area (Å²) < 4.78 is 18.8. The number of carbonyl (C=O) groups is 2. The third-order valence-corrected chi connectivity index (χ3v) is 3.24. The average Bonchev–Trinajstić information content (AvgIpc) is 2.49. The van der Waals surface area contributed by atoms with Crippen LogP contribution in [0.15, 0.2) is 46.9 Å². The van der Waals surface area contributed by atoms with Gasteiger partial charge in [-0.25, -0.2) is 9.18 Å². The van der Waals surface area contributed by atoms with Crippen LogP contribution in [0, 0.1) is 5.82 Å². The monoisotopic (exact) mass is 351 g/mol. The van der Waals surface area contributed by atoms with Crippen LogP contribution in [0.4, 0.5) is 10.1 Å². The number of hydrogen-bond acceptors (Lipinski definition) is 3. The number of halogens is 2. The maximum atomic E-state index is 13.6. The number of nitrogens with one attached hydrogen (secondary N) is 1. The maximum Gasteiger partial charge on any atom is 0.337 e. The molecule has 6 heteroatoms. The molecular formula is C15H11BrFNO3. The van der Waals surface area contributed by atoms with Gasteiger partial charge >= 0.3 is 5.97 Å². The highest BCUT2D eigenvalue weighted by Crippen LogP contribution is 2.20. The number of esters is 1. The van der Waals surface area contributed by atoms with Gasteiger partial charge in [-0.15, -0.1) is 0 Å². The second-order valence-electron chi connectivity index (χ2n) is 4.15. The Morgan fingerprint density at radius 3 is 2.29 bits per heavy atom. The Hall–Kier alpha value is -2.21. The molecule has 0 saturated heterocycles. The summed E-state index contributed by atoms with van der Waals surface area (Å²) in [6.07, 6.45) is 0. The topological polar surface area (TPSA) is 55.4 Å². The van der Waals surface area contributed by atoms with Gasteiger partial charge in [0.2, 0.25) is 0 Å². The molecule has 0 aliphatic carbocycles. The van der Waals surface area contributed by atoms with E-state index in [0.29, 0.717) is 15.6 Å². The zero-order valence-electron chi connectivity index (χ0n) is 11.0. The van der Waals surface area contributed by atoms with Gasteiger partial charge in [0.25, 0.3) is 5.91 Å². The maximum absolute atomic E-state index is 13.6. The highest BCUT2D eigenvalue weighted by molar-refractivity contribution is 9.10. The Morgan fingerprint density at radius 2 is 1.71 bits per heavy atom. The van der Waals surface area contributed by atoms with Crippen molar-refractivity contribution in [2.45, 2.75) is 0 Å². The van der Waals surface area contributed by atoms with Gasteiger partial charge in [0.15, 0.2) is 0 Å². The first kappa shape index (κ1) is 15.2. The molecular weight excluding hydrogens is 341 g/mol. The lowest BCUT2D eigenvalue weighted by molar-refractivity contribution is 0.0600. The van der Waals surface area contributed by atoms with E-state index in [0.717, 1.165) is 0 Å². The molecule has 0 heterocycles. The Labute approximate surface area is 129 Å². The van der Waals surface area contributed by atoms with Crippen LogP contribution in [0.3, 0.4) is 0 Å². The summed E-state index contributed by atoms with van der Waals surface area (Å²) in [5.74, 6) is -1.49. The minimum atomic E-state index is -0.538. The first-order chi connectivity index (χ1) is 10.0. The van der Waals surface area contributed by atoms with Gasteiger partial charge in [0.1, 0.15) is 5.82 Å². The van der Waals surface area contributed by atoms with E-state index in [1.54, 1.807) is 6.07 Å². The summed E-state index contributed by atoms with van der Waals surface area (Å²) in [5, 5.41) is 2.47. The molecule has 0 saturated carbocycles. The van der Waals surface area contributed by atoms with Crippen molar-refractivity contribution in [3.05, 3.63) is 63.9 Å². The predicted octanol–water partition coefficient (Wildman–Crippen LogP) is 3.63. The summed E-state index contributed by atoms with van der Waals surface area (Å²) in [6, 6.07) is 10.2. The second-order valence-corrected chi connectivity index (χ2v) is 5.06. The fourth-order valence-electron chi connectivity index (χ4n) is 1.66. The van der Waals surface area contributed by atoms with Crippen LogP contribution in [0.25, 0.3) is 0 Å². The third kappa shape index (κ3) is 3.66. The molecule has 0 unspecified atom stereocenters. The molecule has 0 atom stereocenters. The summed E-state index contributed by atoms with van der Waals surface area (Å²) in [7, 11) is 1.28. The van der Waals surface area contributed by atoms with Gasteiger partial charge in [-0.2, -0.15) is 0 Å². The first-order valence-corrected chi connectivity index (χ1v) is 6.75. The van der Waals surface area contributed by atoms with Crippen molar-refractivity contribution in [2.24, 2.45) is 0 Å². The summed E-state index contributed by atoms with van der Waals surface area (Å²) in [4.78, 5) is 23.3. The van der Waals surface area contributed by atoms with E-state index in [1.165, 1.54) is 43.5 Å². The van der Waals surface area contributed by atoms with Crippen LogP contribution in [0.1, 0.15) is 20.7 Å². The SMILES string of the molecule is COC(=O)c1ccc(C(=O)Nc2ccc(Br)cc2F)cc1. The van der Waals surface area contributed by atoms with Gasteiger partial charge in [-0.05, 0) is 42.5 Å². The van der Waals surface area contributed by atoms with E-state index < -0.39 is 17.7 Å². The Balaban J connectivity index is 2.15. The molecule has 0 aliphatic heterocycles. The van der Waals surface area contributed by atoms with Crippen molar-refractivity contribution in [3.8, 4) is 0 Å². The number of benzene rings is 2. The molecule has 2 aromatic rings. The predicted molar refractivity (Wildman–Crippen MR) is 79.8 cm³/mol. The highest BCUT2D eigenvalue weighted by Gasteiger charge is 2.11. The molecule has 0 aromatic heterocycles. The van der Waals surface area contributed by atoms with Crippen LogP contribution < -0.4 is 5.32 Å². The minimum Gasteiger partial charge on any atom is -0.465 e. The molecule has 21 heavy (non-hydrogen) atoms. The van der Waals surface area contributed by atoms with Crippen molar-refractivity contribution < 1.29 is 18.7 Å². The molecule has 2 aromatic carbocycles. The minimum absolute atomic E-state index is 0.0836. The lowest BCUT2D eigenvalue weighted by Crippen LogP contribution is -2.13. The normalized spacial score (nSPS) is 10.0. The summed E-state index contributed by atoms with van der Waals surface area (Å²) >= 11 is 3.14. The molecule has 0 radical (unpaired) electrons. The number of carbonyl (C=O) groups excluding carboxylic acids is 2. The van der Waals surface area contributed by atoms with E-state index in [9.17, 15) is 14.0 Å². The van der Waals surface area contributed by atoms with E-state index >= 15 is 0 Å². The van der Waals surface area contributed by atoms with Crippen LogP contribution in [0.5, 0.6) is 0 Å². The molecule has 2 rings (SSSR count). The molecule has 1 N–H and O–H groups in total. The third-order valence-electron chi connectivity index (χ3n) is 2.75.